The second kappa shape index (κ2) is 5.49. The fourth-order valence-electron chi connectivity index (χ4n) is 2.08. The number of rotatable bonds is 0. The van der Waals surface area contributed by atoms with Crippen LogP contribution in [-0.2, 0) is 14.1 Å². The van der Waals surface area contributed by atoms with E-state index in [9.17, 15) is 9.59 Å². The third-order valence-corrected chi connectivity index (χ3v) is 3.28. The largest absolute Gasteiger partial charge is 0.492 e. The second-order valence-electron chi connectivity index (χ2n) is 4.76. The van der Waals surface area contributed by atoms with Crippen molar-refractivity contribution in [1.82, 2.24) is 39.0 Å². The smallest absolute Gasteiger partial charge is 0.332 e. The molecule has 0 atom stereocenters. The normalized spacial score (nSPS) is 10.8. The zero-order valence-corrected chi connectivity index (χ0v) is 12.5. The van der Waals surface area contributed by atoms with Crippen molar-refractivity contribution < 1.29 is 10.2 Å². The molecule has 0 spiro atoms. The number of aromatic amines is 2. The summed E-state index contributed by atoms with van der Waals surface area (Å²) >= 11 is 0. The number of fused-ring (bicyclic) bond motifs is 2. The van der Waals surface area contributed by atoms with Crippen LogP contribution in [0.15, 0.2) is 22.2 Å². The lowest BCUT2D eigenvalue weighted by molar-refractivity contribution is 0.403. The van der Waals surface area contributed by atoms with Crippen molar-refractivity contribution >= 4 is 22.3 Å². The lowest BCUT2D eigenvalue weighted by Crippen LogP contribution is -2.36. The first-order chi connectivity index (χ1) is 11.4. The second-order valence-corrected chi connectivity index (χ2v) is 4.76. The highest BCUT2D eigenvalue weighted by molar-refractivity contribution is 5.75. The van der Waals surface area contributed by atoms with E-state index >= 15 is 0 Å². The predicted molar refractivity (Wildman–Crippen MR) is 81.6 cm³/mol. The first kappa shape index (κ1) is 15.2. The Morgan fingerprint density at radius 3 is 2.38 bits per heavy atom. The molecule has 0 fully saturated rings. The number of nitrogens with one attached hydrogen (secondary N) is 2. The average molecular weight is 332 g/mol. The number of hydrogen-bond acceptors (Lipinski definition) is 8. The molecule has 4 aromatic heterocycles. The van der Waals surface area contributed by atoms with E-state index in [2.05, 4.69) is 29.9 Å². The molecule has 24 heavy (non-hydrogen) atoms. The van der Waals surface area contributed by atoms with E-state index in [-0.39, 0.29) is 22.8 Å². The summed E-state index contributed by atoms with van der Waals surface area (Å²) in [7, 11) is 3.01. The summed E-state index contributed by atoms with van der Waals surface area (Å²) in [6.07, 6.45) is 2.75. The van der Waals surface area contributed by atoms with Gasteiger partial charge in [-0.1, -0.05) is 0 Å². The molecule has 0 aromatic carbocycles. The lowest BCUT2D eigenvalue weighted by Gasteiger charge is -2.00. The summed E-state index contributed by atoms with van der Waals surface area (Å²) in [5.41, 5.74) is 0.579. The molecule has 0 saturated carbocycles. The van der Waals surface area contributed by atoms with Crippen LogP contribution in [0.4, 0.5) is 0 Å². The monoisotopic (exact) mass is 332 g/mol. The molecule has 0 aliphatic rings. The molecule has 0 aliphatic heterocycles. The highest BCUT2D eigenvalue weighted by Gasteiger charge is 2.09. The molecular weight excluding hydrogens is 320 g/mol. The van der Waals surface area contributed by atoms with Gasteiger partial charge < -0.3 is 20.2 Å². The Kier molecular flexibility index (Phi) is 3.48. The van der Waals surface area contributed by atoms with Gasteiger partial charge in [0, 0.05) is 14.1 Å². The summed E-state index contributed by atoms with van der Waals surface area (Å²) in [6, 6.07) is -0.484. The van der Waals surface area contributed by atoms with Gasteiger partial charge in [-0.05, 0) is 0 Å². The number of aryl methyl sites for hydroxylation is 1. The van der Waals surface area contributed by atoms with Gasteiger partial charge in [0.15, 0.2) is 11.3 Å². The number of hydrogen-bond donors (Lipinski definition) is 4. The van der Waals surface area contributed by atoms with Gasteiger partial charge in [-0.3, -0.25) is 13.9 Å². The van der Waals surface area contributed by atoms with Crippen LogP contribution >= 0.6 is 0 Å². The van der Waals surface area contributed by atoms with E-state index in [1.54, 1.807) is 7.05 Å². The molecule has 12 heteroatoms. The van der Waals surface area contributed by atoms with Crippen molar-refractivity contribution in [3.63, 3.8) is 0 Å². The maximum absolute atomic E-state index is 11.4. The van der Waals surface area contributed by atoms with E-state index in [1.807, 2.05) is 0 Å². The van der Waals surface area contributed by atoms with E-state index < -0.39 is 6.01 Å². The third kappa shape index (κ3) is 2.35. The molecule has 4 heterocycles. The van der Waals surface area contributed by atoms with Crippen LogP contribution in [0.5, 0.6) is 11.9 Å². The zero-order chi connectivity index (χ0) is 17.4. The first-order valence-corrected chi connectivity index (χ1v) is 6.58. The minimum Gasteiger partial charge on any atom is -0.492 e. The number of H-pyrrole nitrogens is 2. The topological polar surface area (TPSA) is 168 Å². The van der Waals surface area contributed by atoms with Crippen LogP contribution < -0.4 is 11.2 Å². The lowest BCUT2D eigenvalue weighted by atomic mass is 10.5. The van der Waals surface area contributed by atoms with Crippen molar-refractivity contribution in [3.8, 4) is 11.9 Å². The first-order valence-electron chi connectivity index (χ1n) is 6.58. The van der Waals surface area contributed by atoms with Crippen molar-refractivity contribution in [3.05, 3.63) is 33.5 Å². The SMILES string of the molecule is Cn1c(=O)c2[nH]cnc2n(C)c1=O.Oc1nc(O)c2[nH]cnc2n1. The minimum absolute atomic E-state index is 0.245. The third-order valence-electron chi connectivity index (χ3n) is 3.28. The van der Waals surface area contributed by atoms with E-state index in [1.165, 1.54) is 24.3 Å². The van der Waals surface area contributed by atoms with Crippen LogP contribution in [0, 0.1) is 0 Å². The molecule has 0 unspecified atom stereocenters. The fourth-order valence-corrected chi connectivity index (χ4v) is 2.08. The van der Waals surface area contributed by atoms with Gasteiger partial charge in [-0.2, -0.15) is 9.97 Å². The molecule has 0 amide bonds. The summed E-state index contributed by atoms with van der Waals surface area (Å²) < 4.78 is 2.37. The molecule has 4 rings (SSSR count). The summed E-state index contributed by atoms with van der Waals surface area (Å²) in [5, 5.41) is 17.9. The van der Waals surface area contributed by atoms with E-state index in [4.69, 9.17) is 10.2 Å². The molecule has 124 valence electrons. The molecule has 0 aliphatic carbocycles. The van der Waals surface area contributed by atoms with Crippen LogP contribution in [0.25, 0.3) is 22.3 Å². The molecule has 0 bridgehead atoms. The van der Waals surface area contributed by atoms with Gasteiger partial charge in [0.05, 0.1) is 12.7 Å². The number of aromatic nitrogens is 8. The standard InChI is InChI=1S/C7H8N4O2.C5H4N4O2/c1-10-5-4(8-3-9-5)6(12)11(2)7(10)13;10-4-2-3(7-1-6-2)8-5(11)9-4/h3H,1-2H3,(H,8,9);1H,(H3,6,7,8,9,10,11). The maximum atomic E-state index is 11.4. The average Bonchev–Trinajstić information content (AvgIpc) is 3.20. The Hall–Kier alpha value is -3.70. The molecule has 0 radical (unpaired) electrons. The summed E-state index contributed by atoms with van der Waals surface area (Å²) in [5.74, 6) is -0.301. The van der Waals surface area contributed by atoms with Gasteiger partial charge >= 0.3 is 11.7 Å². The van der Waals surface area contributed by atoms with Gasteiger partial charge in [-0.25, -0.2) is 14.8 Å². The Labute approximate surface area is 132 Å². The number of nitrogens with zero attached hydrogens (tertiary/aromatic N) is 6. The van der Waals surface area contributed by atoms with Crippen LogP contribution in [-0.4, -0.2) is 49.3 Å². The quantitative estimate of drug-likeness (QED) is 0.309. The fraction of sp³-hybridized carbons (Fsp3) is 0.167. The van der Waals surface area contributed by atoms with E-state index in [0.29, 0.717) is 16.7 Å². The molecule has 0 saturated heterocycles. The van der Waals surface area contributed by atoms with Gasteiger partial charge in [0.1, 0.15) is 11.0 Å². The van der Waals surface area contributed by atoms with Gasteiger partial charge in [-0.15, -0.1) is 0 Å². The van der Waals surface area contributed by atoms with Crippen molar-refractivity contribution in [2.24, 2.45) is 14.1 Å². The Balaban J connectivity index is 0.000000143. The van der Waals surface area contributed by atoms with Gasteiger partial charge in [0.2, 0.25) is 5.88 Å². The predicted octanol–water partition coefficient (Wildman–Crippen LogP) is -1.28. The van der Waals surface area contributed by atoms with Crippen molar-refractivity contribution in [2.45, 2.75) is 0 Å². The Morgan fingerprint density at radius 1 is 0.958 bits per heavy atom. The molecule has 4 N–H and O–H groups in total. The molecule has 4 aromatic rings. The highest BCUT2D eigenvalue weighted by Crippen LogP contribution is 2.18. The number of aromatic hydroxyl groups is 2. The molecular formula is C12H12N8O4. The minimum atomic E-state index is -0.484. The van der Waals surface area contributed by atoms with Crippen molar-refractivity contribution in [2.75, 3.05) is 0 Å². The zero-order valence-electron chi connectivity index (χ0n) is 12.5. The number of imidazole rings is 2. The van der Waals surface area contributed by atoms with Crippen LogP contribution in [0.3, 0.4) is 0 Å². The highest BCUT2D eigenvalue weighted by atomic mass is 16.3. The Bertz CT molecular complexity index is 1150. The molecule has 12 nitrogen and oxygen atoms in total. The van der Waals surface area contributed by atoms with E-state index in [0.717, 1.165) is 4.57 Å². The Morgan fingerprint density at radius 2 is 1.62 bits per heavy atom. The summed E-state index contributed by atoms with van der Waals surface area (Å²) in [6.45, 7) is 0. The van der Waals surface area contributed by atoms with Crippen LogP contribution in [0.2, 0.25) is 0 Å². The van der Waals surface area contributed by atoms with Gasteiger partial charge in [0.25, 0.3) is 5.56 Å². The maximum Gasteiger partial charge on any atom is 0.332 e. The summed E-state index contributed by atoms with van der Waals surface area (Å²) in [4.78, 5) is 42.6. The van der Waals surface area contributed by atoms with Crippen molar-refractivity contribution in [1.29, 1.82) is 0 Å². The van der Waals surface area contributed by atoms with Crippen LogP contribution in [0.1, 0.15) is 0 Å².